The zero-order valence-electron chi connectivity index (χ0n) is 13.9. The number of amides is 2. The number of nitrogens with zero attached hydrogens (tertiary/aromatic N) is 2. The number of hydrogen-bond donors (Lipinski definition) is 2. The summed E-state index contributed by atoms with van der Waals surface area (Å²) in [5.74, 6) is -1.95. The number of carboxylic acids is 1. The van der Waals surface area contributed by atoms with Gasteiger partial charge >= 0.3 is 5.97 Å². The Morgan fingerprint density at radius 3 is 2.64 bits per heavy atom. The van der Waals surface area contributed by atoms with Gasteiger partial charge in [-0.2, -0.15) is 0 Å². The van der Waals surface area contributed by atoms with Crippen molar-refractivity contribution in [2.24, 2.45) is 5.41 Å². The summed E-state index contributed by atoms with van der Waals surface area (Å²) in [6, 6.07) is 4.32. The lowest BCUT2D eigenvalue weighted by Crippen LogP contribution is -2.47. The van der Waals surface area contributed by atoms with Crippen LogP contribution >= 0.6 is 0 Å². The van der Waals surface area contributed by atoms with Gasteiger partial charge in [0.1, 0.15) is 6.04 Å². The van der Waals surface area contributed by atoms with E-state index in [0.29, 0.717) is 13.0 Å². The highest BCUT2D eigenvalue weighted by molar-refractivity contribution is 5.98. The van der Waals surface area contributed by atoms with Gasteiger partial charge in [0.2, 0.25) is 5.91 Å². The van der Waals surface area contributed by atoms with Gasteiger partial charge in [0.15, 0.2) is 0 Å². The molecule has 0 spiro atoms. The fraction of sp³-hybridized carbons (Fsp3) is 0.438. The van der Waals surface area contributed by atoms with Crippen molar-refractivity contribution < 1.29 is 24.4 Å². The van der Waals surface area contributed by atoms with Crippen molar-refractivity contribution in [2.45, 2.75) is 26.3 Å². The molecule has 1 aliphatic rings. The number of nitro benzene ring substituents is 1. The Labute approximate surface area is 143 Å². The topological polar surface area (TPSA) is 130 Å². The van der Waals surface area contributed by atoms with Crippen LogP contribution in [0.4, 0.5) is 5.69 Å². The van der Waals surface area contributed by atoms with Gasteiger partial charge in [-0.15, -0.1) is 0 Å². The molecule has 1 saturated heterocycles. The monoisotopic (exact) mass is 349 g/mol. The standard InChI is InChI=1S/C16H19N3O6/c1-10(14(21)18-7-6-16(2,9-18)15(22)23)17-13(20)11-4-3-5-12(8-11)19(24)25/h3-5,8,10H,6-7,9H2,1-2H3,(H,17,20)(H,22,23). The van der Waals surface area contributed by atoms with Crippen LogP contribution in [0.5, 0.6) is 0 Å². The molecule has 134 valence electrons. The average molecular weight is 349 g/mol. The van der Waals surface area contributed by atoms with Crippen molar-refractivity contribution in [3.63, 3.8) is 0 Å². The van der Waals surface area contributed by atoms with E-state index in [1.54, 1.807) is 6.92 Å². The number of carbonyl (C=O) groups is 3. The number of benzene rings is 1. The second-order valence-corrected chi connectivity index (χ2v) is 6.38. The highest BCUT2D eigenvalue weighted by atomic mass is 16.6. The molecule has 2 rings (SSSR count). The first-order valence-electron chi connectivity index (χ1n) is 7.71. The van der Waals surface area contributed by atoms with Crippen LogP contribution in [-0.2, 0) is 9.59 Å². The highest BCUT2D eigenvalue weighted by Gasteiger charge is 2.43. The first kappa shape index (κ1) is 18.4. The minimum absolute atomic E-state index is 0.0747. The zero-order valence-corrected chi connectivity index (χ0v) is 13.9. The van der Waals surface area contributed by atoms with Crippen LogP contribution < -0.4 is 5.32 Å². The summed E-state index contributed by atoms with van der Waals surface area (Å²) in [7, 11) is 0. The molecule has 1 fully saturated rings. The third-order valence-corrected chi connectivity index (χ3v) is 4.34. The summed E-state index contributed by atoms with van der Waals surface area (Å²) in [4.78, 5) is 47.4. The SMILES string of the molecule is CC(NC(=O)c1cccc([N+](=O)[O-])c1)C(=O)N1CCC(C)(C(=O)O)C1. The molecule has 1 aromatic rings. The Morgan fingerprint density at radius 1 is 1.40 bits per heavy atom. The molecule has 0 aliphatic carbocycles. The van der Waals surface area contributed by atoms with Crippen molar-refractivity contribution in [3.8, 4) is 0 Å². The predicted octanol–water partition coefficient (Wildman–Crippen LogP) is 1.04. The molecule has 1 heterocycles. The van der Waals surface area contributed by atoms with E-state index in [4.69, 9.17) is 0 Å². The summed E-state index contributed by atoms with van der Waals surface area (Å²) in [6.45, 7) is 3.46. The number of carboxylic acid groups (broad SMARTS) is 1. The lowest BCUT2D eigenvalue weighted by Gasteiger charge is -2.23. The van der Waals surface area contributed by atoms with Crippen LogP contribution in [0, 0.1) is 15.5 Å². The quantitative estimate of drug-likeness (QED) is 0.603. The number of hydrogen-bond acceptors (Lipinski definition) is 5. The normalized spacial score (nSPS) is 20.8. The number of likely N-dealkylation sites (tertiary alicyclic amines) is 1. The predicted molar refractivity (Wildman–Crippen MR) is 87.0 cm³/mol. The van der Waals surface area contributed by atoms with Crippen molar-refractivity contribution in [1.29, 1.82) is 0 Å². The molecule has 9 heteroatoms. The number of rotatable bonds is 5. The fourth-order valence-electron chi connectivity index (χ4n) is 2.70. The molecule has 2 amide bonds. The smallest absolute Gasteiger partial charge is 0.311 e. The van der Waals surface area contributed by atoms with Crippen LogP contribution in [0.2, 0.25) is 0 Å². The molecule has 1 aromatic carbocycles. The van der Waals surface area contributed by atoms with Crippen LogP contribution in [0.15, 0.2) is 24.3 Å². The molecule has 0 radical (unpaired) electrons. The molecule has 2 unspecified atom stereocenters. The Bertz CT molecular complexity index is 734. The van der Waals surface area contributed by atoms with Gasteiger partial charge in [-0.05, 0) is 26.3 Å². The summed E-state index contributed by atoms with van der Waals surface area (Å²) in [6.07, 6.45) is 0.347. The van der Waals surface area contributed by atoms with E-state index in [2.05, 4.69) is 5.32 Å². The molecule has 0 bridgehead atoms. The molecule has 2 atom stereocenters. The van der Waals surface area contributed by atoms with Crippen molar-refractivity contribution >= 4 is 23.5 Å². The van der Waals surface area contributed by atoms with Crippen LogP contribution in [0.3, 0.4) is 0 Å². The van der Waals surface area contributed by atoms with Gasteiger partial charge in [0.25, 0.3) is 11.6 Å². The molecular formula is C16H19N3O6. The van der Waals surface area contributed by atoms with E-state index < -0.39 is 28.3 Å². The van der Waals surface area contributed by atoms with E-state index in [-0.39, 0.29) is 23.7 Å². The second kappa shape index (κ2) is 6.88. The third-order valence-electron chi connectivity index (χ3n) is 4.34. The number of carbonyl (C=O) groups excluding carboxylic acids is 2. The van der Waals surface area contributed by atoms with Gasteiger partial charge in [0.05, 0.1) is 10.3 Å². The lowest BCUT2D eigenvalue weighted by molar-refractivity contribution is -0.384. The molecule has 2 N–H and O–H groups in total. The molecule has 9 nitrogen and oxygen atoms in total. The Hall–Kier alpha value is -2.97. The van der Waals surface area contributed by atoms with Gasteiger partial charge in [-0.1, -0.05) is 6.07 Å². The Kier molecular flexibility index (Phi) is 5.05. The summed E-state index contributed by atoms with van der Waals surface area (Å²) >= 11 is 0. The van der Waals surface area contributed by atoms with Crippen molar-refractivity contribution in [2.75, 3.05) is 13.1 Å². The molecule has 0 saturated carbocycles. The first-order chi connectivity index (χ1) is 11.6. The van der Waals surface area contributed by atoms with Crippen molar-refractivity contribution in [1.82, 2.24) is 10.2 Å². The van der Waals surface area contributed by atoms with E-state index in [0.717, 1.165) is 6.07 Å². The van der Waals surface area contributed by atoms with Crippen LogP contribution in [0.1, 0.15) is 30.6 Å². The summed E-state index contributed by atoms with van der Waals surface area (Å²) < 4.78 is 0. The van der Waals surface area contributed by atoms with Gasteiger partial charge in [0, 0.05) is 30.8 Å². The molecular weight excluding hydrogens is 330 g/mol. The lowest BCUT2D eigenvalue weighted by atomic mass is 9.90. The highest BCUT2D eigenvalue weighted by Crippen LogP contribution is 2.30. The van der Waals surface area contributed by atoms with Gasteiger partial charge in [-0.3, -0.25) is 24.5 Å². The maximum absolute atomic E-state index is 12.4. The fourth-order valence-corrected chi connectivity index (χ4v) is 2.70. The summed E-state index contributed by atoms with van der Waals surface area (Å²) in [5.41, 5.74) is -1.13. The number of nitrogens with one attached hydrogen (secondary N) is 1. The van der Waals surface area contributed by atoms with E-state index >= 15 is 0 Å². The minimum Gasteiger partial charge on any atom is -0.481 e. The third kappa shape index (κ3) is 3.93. The summed E-state index contributed by atoms with van der Waals surface area (Å²) in [5, 5.41) is 22.5. The second-order valence-electron chi connectivity index (χ2n) is 6.38. The largest absolute Gasteiger partial charge is 0.481 e. The maximum Gasteiger partial charge on any atom is 0.311 e. The van der Waals surface area contributed by atoms with Crippen LogP contribution in [-0.4, -0.2) is 51.8 Å². The first-order valence-corrected chi connectivity index (χ1v) is 7.71. The molecule has 1 aliphatic heterocycles. The number of aliphatic carboxylic acids is 1. The average Bonchev–Trinajstić information content (AvgIpc) is 2.98. The van der Waals surface area contributed by atoms with E-state index in [1.165, 1.54) is 30.0 Å². The Morgan fingerprint density at radius 2 is 2.08 bits per heavy atom. The van der Waals surface area contributed by atoms with E-state index in [9.17, 15) is 29.6 Å². The van der Waals surface area contributed by atoms with Crippen molar-refractivity contribution in [3.05, 3.63) is 39.9 Å². The van der Waals surface area contributed by atoms with Gasteiger partial charge < -0.3 is 15.3 Å². The maximum atomic E-state index is 12.4. The van der Waals surface area contributed by atoms with Gasteiger partial charge in [-0.25, -0.2) is 0 Å². The van der Waals surface area contributed by atoms with Crippen LogP contribution in [0.25, 0.3) is 0 Å². The zero-order chi connectivity index (χ0) is 18.8. The number of nitro groups is 1. The van der Waals surface area contributed by atoms with E-state index in [1.807, 2.05) is 0 Å². The molecule has 25 heavy (non-hydrogen) atoms. The Balaban J connectivity index is 2.02. The molecule has 0 aromatic heterocycles. The minimum atomic E-state index is -0.987. The number of non-ortho nitro benzene ring substituents is 1.